The molecule has 1 atom stereocenters. The molecule has 0 spiro atoms. The number of benzene rings is 1. The van der Waals surface area contributed by atoms with Gasteiger partial charge in [-0.05, 0) is 19.1 Å². The number of anilines is 1. The quantitative estimate of drug-likeness (QED) is 0.831. The van der Waals surface area contributed by atoms with Gasteiger partial charge in [0.05, 0.1) is 12.2 Å². The number of hydrogen-bond donors (Lipinski definition) is 2. The molecule has 1 fully saturated rings. The van der Waals surface area contributed by atoms with Gasteiger partial charge in [0.2, 0.25) is 0 Å². The zero-order valence-corrected chi connectivity index (χ0v) is 12.1. The zero-order chi connectivity index (χ0) is 14.4. The van der Waals surface area contributed by atoms with Gasteiger partial charge in [0.1, 0.15) is 5.60 Å². The average Bonchev–Trinajstić information content (AvgIpc) is 2.95. The number of para-hydroxylation sites is 1. The minimum atomic E-state index is -0.386. The summed E-state index contributed by atoms with van der Waals surface area (Å²) in [7, 11) is 1.66. The van der Waals surface area contributed by atoms with Crippen LogP contribution in [-0.4, -0.2) is 44.9 Å². The van der Waals surface area contributed by atoms with Crippen molar-refractivity contribution in [3.8, 4) is 0 Å². The smallest absolute Gasteiger partial charge is 0.253 e. The molecule has 0 saturated carbocycles. The summed E-state index contributed by atoms with van der Waals surface area (Å²) >= 11 is 0. The van der Waals surface area contributed by atoms with Crippen LogP contribution in [0.15, 0.2) is 24.3 Å². The number of amides is 1. The topological polar surface area (TPSA) is 59.6 Å². The molecule has 0 aromatic heterocycles. The molecular weight excluding hydrogens is 256 g/mol. The van der Waals surface area contributed by atoms with E-state index in [0.29, 0.717) is 25.3 Å². The van der Waals surface area contributed by atoms with Crippen molar-refractivity contribution in [2.75, 3.05) is 38.7 Å². The summed E-state index contributed by atoms with van der Waals surface area (Å²) in [6.07, 6.45) is 0.804. The number of carbonyl (C=O) groups is 1. The van der Waals surface area contributed by atoms with Crippen molar-refractivity contribution in [1.82, 2.24) is 5.32 Å². The molecule has 1 aromatic rings. The van der Waals surface area contributed by atoms with Crippen LogP contribution in [0.3, 0.4) is 0 Å². The Hall–Kier alpha value is -1.59. The predicted molar refractivity (Wildman–Crippen MR) is 78.1 cm³/mol. The highest BCUT2D eigenvalue weighted by atomic mass is 16.5. The van der Waals surface area contributed by atoms with Crippen molar-refractivity contribution < 1.29 is 14.3 Å². The van der Waals surface area contributed by atoms with Crippen LogP contribution in [0, 0.1) is 0 Å². The fourth-order valence-electron chi connectivity index (χ4n) is 2.32. The fourth-order valence-corrected chi connectivity index (χ4v) is 2.32. The van der Waals surface area contributed by atoms with E-state index in [0.717, 1.165) is 18.7 Å². The molecule has 2 rings (SSSR count). The van der Waals surface area contributed by atoms with Gasteiger partial charge in [-0.15, -0.1) is 0 Å². The Labute approximate surface area is 119 Å². The van der Waals surface area contributed by atoms with Crippen molar-refractivity contribution in [2.24, 2.45) is 0 Å². The van der Waals surface area contributed by atoms with E-state index in [4.69, 9.17) is 9.47 Å². The molecule has 0 radical (unpaired) electrons. The Morgan fingerprint density at radius 1 is 1.45 bits per heavy atom. The molecule has 1 saturated heterocycles. The lowest BCUT2D eigenvalue weighted by Crippen LogP contribution is -2.45. The van der Waals surface area contributed by atoms with Gasteiger partial charge in [0, 0.05) is 38.9 Å². The number of rotatable bonds is 6. The molecular formula is C15H22N2O3. The predicted octanol–water partition coefficient (Wildman–Crippen LogP) is 1.65. The minimum absolute atomic E-state index is 0.0927. The number of nitrogens with one attached hydrogen (secondary N) is 2. The maximum absolute atomic E-state index is 12.3. The zero-order valence-electron chi connectivity index (χ0n) is 12.1. The number of hydrogen-bond acceptors (Lipinski definition) is 4. The first-order valence-corrected chi connectivity index (χ1v) is 6.95. The van der Waals surface area contributed by atoms with E-state index < -0.39 is 0 Å². The maximum atomic E-state index is 12.3. The van der Waals surface area contributed by atoms with Crippen LogP contribution in [0.5, 0.6) is 0 Å². The standard InChI is InChI=1S/C15H22N2O3/c1-3-16-13-7-5-4-6-12(13)14(18)17-10-15(19-2)8-9-20-11-15/h4-7,16H,3,8-11H2,1-2H3,(H,17,18). The maximum Gasteiger partial charge on any atom is 0.253 e. The lowest BCUT2D eigenvalue weighted by Gasteiger charge is -2.26. The molecule has 1 aromatic carbocycles. The summed E-state index contributed by atoms with van der Waals surface area (Å²) in [5, 5.41) is 6.14. The van der Waals surface area contributed by atoms with Crippen LogP contribution >= 0.6 is 0 Å². The molecule has 5 heteroatoms. The van der Waals surface area contributed by atoms with Gasteiger partial charge in [0.15, 0.2) is 0 Å². The summed E-state index contributed by atoms with van der Waals surface area (Å²) in [6.45, 7) is 4.45. The second kappa shape index (κ2) is 6.72. The molecule has 0 aliphatic carbocycles. The lowest BCUT2D eigenvalue weighted by molar-refractivity contribution is -0.0148. The Morgan fingerprint density at radius 3 is 2.90 bits per heavy atom. The Balaban J connectivity index is 2.01. The van der Waals surface area contributed by atoms with E-state index in [9.17, 15) is 4.79 Å². The van der Waals surface area contributed by atoms with Gasteiger partial charge in [-0.3, -0.25) is 4.79 Å². The molecule has 110 valence electrons. The van der Waals surface area contributed by atoms with Gasteiger partial charge in [0.25, 0.3) is 5.91 Å². The number of ether oxygens (including phenoxy) is 2. The van der Waals surface area contributed by atoms with E-state index >= 15 is 0 Å². The van der Waals surface area contributed by atoms with Crippen LogP contribution in [0.1, 0.15) is 23.7 Å². The van der Waals surface area contributed by atoms with Crippen molar-refractivity contribution >= 4 is 11.6 Å². The molecule has 1 aliphatic heterocycles. The van der Waals surface area contributed by atoms with E-state index in [1.807, 2.05) is 31.2 Å². The van der Waals surface area contributed by atoms with Gasteiger partial charge in [-0.2, -0.15) is 0 Å². The Kier molecular flexibility index (Phi) is 4.98. The minimum Gasteiger partial charge on any atom is -0.385 e. The van der Waals surface area contributed by atoms with Crippen molar-refractivity contribution in [3.05, 3.63) is 29.8 Å². The van der Waals surface area contributed by atoms with Crippen LogP contribution in [0.4, 0.5) is 5.69 Å². The van der Waals surface area contributed by atoms with Crippen LogP contribution < -0.4 is 10.6 Å². The third-order valence-corrected chi connectivity index (χ3v) is 3.61. The SMILES string of the molecule is CCNc1ccccc1C(=O)NCC1(OC)CCOC1. The molecule has 2 N–H and O–H groups in total. The van der Waals surface area contributed by atoms with Crippen molar-refractivity contribution in [3.63, 3.8) is 0 Å². The average molecular weight is 278 g/mol. The Bertz CT molecular complexity index is 456. The summed E-state index contributed by atoms with van der Waals surface area (Å²) in [6, 6.07) is 7.50. The highest BCUT2D eigenvalue weighted by Crippen LogP contribution is 2.22. The highest BCUT2D eigenvalue weighted by Gasteiger charge is 2.35. The van der Waals surface area contributed by atoms with Gasteiger partial charge in [-0.25, -0.2) is 0 Å². The number of methoxy groups -OCH3 is 1. The fraction of sp³-hybridized carbons (Fsp3) is 0.533. The molecule has 1 heterocycles. The lowest BCUT2D eigenvalue weighted by atomic mass is 10.0. The third-order valence-electron chi connectivity index (χ3n) is 3.61. The van der Waals surface area contributed by atoms with E-state index in [1.54, 1.807) is 7.11 Å². The number of carbonyl (C=O) groups excluding carboxylic acids is 1. The second-order valence-electron chi connectivity index (χ2n) is 4.95. The van der Waals surface area contributed by atoms with E-state index in [1.165, 1.54) is 0 Å². The summed E-state index contributed by atoms with van der Waals surface area (Å²) < 4.78 is 10.9. The molecule has 1 aliphatic rings. The van der Waals surface area contributed by atoms with Crippen LogP contribution in [-0.2, 0) is 9.47 Å². The van der Waals surface area contributed by atoms with Crippen LogP contribution in [0.2, 0.25) is 0 Å². The first-order chi connectivity index (χ1) is 9.71. The van der Waals surface area contributed by atoms with Gasteiger partial charge in [-0.1, -0.05) is 12.1 Å². The highest BCUT2D eigenvalue weighted by molar-refractivity contribution is 5.99. The molecule has 1 unspecified atom stereocenters. The first kappa shape index (κ1) is 14.8. The first-order valence-electron chi connectivity index (χ1n) is 6.95. The molecule has 1 amide bonds. The summed E-state index contributed by atoms with van der Waals surface area (Å²) in [5.41, 5.74) is 1.11. The third kappa shape index (κ3) is 3.29. The second-order valence-corrected chi connectivity index (χ2v) is 4.95. The Morgan fingerprint density at radius 2 is 2.25 bits per heavy atom. The normalized spacial score (nSPS) is 21.7. The summed E-state index contributed by atoms with van der Waals surface area (Å²) in [5.74, 6) is -0.0927. The largest absolute Gasteiger partial charge is 0.385 e. The van der Waals surface area contributed by atoms with E-state index in [2.05, 4.69) is 10.6 Å². The molecule has 20 heavy (non-hydrogen) atoms. The summed E-state index contributed by atoms with van der Waals surface area (Å²) in [4.78, 5) is 12.3. The molecule has 0 bridgehead atoms. The van der Waals surface area contributed by atoms with E-state index in [-0.39, 0.29) is 11.5 Å². The van der Waals surface area contributed by atoms with Crippen molar-refractivity contribution in [1.29, 1.82) is 0 Å². The van der Waals surface area contributed by atoms with Gasteiger partial charge < -0.3 is 20.1 Å². The monoisotopic (exact) mass is 278 g/mol. The molecule has 5 nitrogen and oxygen atoms in total. The van der Waals surface area contributed by atoms with Crippen molar-refractivity contribution in [2.45, 2.75) is 18.9 Å². The van der Waals surface area contributed by atoms with Crippen LogP contribution in [0.25, 0.3) is 0 Å². The van der Waals surface area contributed by atoms with Gasteiger partial charge >= 0.3 is 0 Å².